The van der Waals surface area contributed by atoms with Crippen LogP contribution in [0.3, 0.4) is 0 Å². The molecule has 120 valence electrons. The number of rotatable bonds is 4. The second-order valence-electron chi connectivity index (χ2n) is 4.97. The highest BCUT2D eigenvalue weighted by atomic mass is 79.9. The van der Waals surface area contributed by atoms with Crippen LogP contribution in [0.2, 0.25) is 5.02 Å². The lowest BCUT2D eigenvalue weighted by Crippen LogP contribution is -2.28. The van der Waals surface area contributed by atoms with Crippen LogP contribution in [0.4, 0.5) is 0 Å². The van der Waals surface area contributed by atoms with Gasteiger partial charge in [0.2, 0.25) is 0 Å². The number of aryl methyl sites for hydroxylation is 1. The van der Waals surface area contributed by atoms with Crippen LogP contribution in [0.5, 0.6) is 0 Å². The first-order chi connectivity index (χ1) is 11.0. The van der Waals surface area contributed by atoms with Gasteiger partial charge in [0.1, 0.15) is 0 Å². The molecule has 0 N–H and O–H groups in total. The summed E-state index contributed by atoms with van der Waals surface area (Å²) in [6.07, 6.45) is 4.98. The summed E-state index contributed by atoms with van der Waals surface area (Å²) in [5.41, 5.74) is 1.70. The minimum Gasteiger partial charge on any atom is -0.334 e. The van der Waals surface area contributed by atoms with Crippen molar-refractivity contribution < 1.29 is 4.79 Å². The van der Waals surface area contributed by atoms with Crippen LogP contribution in [0.25, 0.3) is 5.65 Å². The van der Waals surface area contributed by atoms with E-state index in [9.17, 15) is 4.79 Å². The second-order valence-corrected chi connectivity index (χ2v) is 6.17. The van der Waals surface area contributed by atoms with E-state index in [0.29, 0.717) is 33.9 Å². The number of nitrogens with zero attached hydrogens (tertiary/aromatic N) is 6. The lowest BCUT2D eigenvalue weighted by molar-refractivity contribution is 0.0774. The highest BCUT2D eigenvalue weighted by Crippen LogP contribution is 2.23. The monoisotopic (exact) mass is 396 g/mol. The maximum atomic E-state index is 12.7. The number of amides is 1. The van der Waals surface area contributed by atoms with Crippen molar-refractivity contribution in [1.82, 2.24) is 29.3 Å². The van der Waals surface area contributed by atoms with Crippen molar-refractivity contribution in [2.45, 2.75) is 20.0 Å². The molecule has 0 radical (unpaired) electrons. The highest BCUT2D eigenvalue weighted by Gasteiger charge is 2.23. The summed E-state index contributed by atoms with van der Waals surface area (Å²) < 4.78 is 3.91. The second kappa shape index (κ2) is 6.29. The molecular formula is C14H14BrClN6O. The number of halogens is 2. The van der Waals surface area contributed by atoms with Crippen molar-refractivity contribution in [3.63, 3.8) is 0 Å². The van der Waals surface area contributed by atoms with E-state index in [1.165, 1.54) is 0 Å². The van der Waals surface area contributed by atoms with E-state index >= 15 is 0 Å². The van der Waals surface area contributed by atoms with Gasteiger partial charge in [-0.25, -0.2) is 9.50 Å². The molecule has 0 saturated carbocycles. The number of aromatic nitrogens is 5. The summed E-state index contributed by atoms with van der Waals surface area (Å²) in [5, 5.41) is 9.01. The first-order valence-corrected chi connectivity index (χ1v) is 8.14. The molecule has 3 heterocycles. The van der Waals surface area contributed by atoms with Crippen LogP contribution in [0.1, 0.15) is 23.1 Å². The average molecular weight is 398 g/mol. The van der Waals surface area contributed by atoms with E-state index < -0.39 is 0 Å². The van der Waals surface area contributed by atoms with Gasteiger partial charge in [-0.2, -0.15) is 10.2 Å². The van der Waals surface area contributed by atoms with Crippen molar-refractivity contribution in [2.75, 3.05) is 7.05 Å². The zero-order valence-corrected chi connectivity index (χ0v) is 14.9. The zero-order chi connectivity index (χ0) is 16.6. The Bertz CT molecular complexity index is 873. The summed E-state index contributed by atoms with van der Waals surface area (Å²) in [6, 6.07) is 1.75. The van der Waals surface area contributed by atoms with Crippen molar-refractivity contribution in [3.05, 3.63) is 45.5 Å². The SMILES string of the molecule is CCn1ncc(Cl)c1CN(C)C(=O)c1nn2cccnc2c1Br. The molecule has 0 spiro atoms. The van der Waals surface area contributed by atoms with Crippen LogP contribution < -0.4 is 0 Å². The normalized spacial score (nSPS) is 11.1. The maximum Gasteiger partial charge on any atom is 0.275 e. The first kappa shape index (κ1) is 15.9. The fourth-order valence-electron chi connectivity index (χ4n) is 2.29. The lowest BCUT2D eigenvalue weighted by atomic mass is 10.3. The third-order valence-electron chi connectivity index (χ3n) is 3.47. The number of fused-ring (bicyclic) bond motifs is 1. The molecule has 0 aromatic carbocycles. The van der Waals surface area contributed by atoms with Gasteiger partial charge in [0, 0.05) is 26.0 Å². The van der Waals surface area contributed by atoms with Crippen molar-refractivity contribution in [3.8, 4) is 0 Å². The third-order valence-corrected chi connectivity index (χ3v) is 4.52. The summed E-state index contributed by atoms with van der Waals surface area (Å²) in [4.78, 5) is 18.5. The molecular weight excluding hydrogens is 384 g/mol. The van der Waals surface area contributed by atoms with Gasteiger partial charge in [-0.3, -0.25) is 9.48 Å². The molecule has 7 nitrogen and oxygen atoms in total. The minimum atomic E-state index is -0.220. The first-order valence-electron chi connectivity index (χ1n) is 6.97. The zero-order valence-electron chi connectivity index (χ0n) is 12.6. The Morgan fingerprint density at radius 1 is 1.48 bits per heavy atom. The molecule has 0 aliphatic heterocycles. The van der Waals surface area contributed by atoms with Gasteiger partial charge in [-0.05, 0) is 28.9 Å². The van der Waals surface area contributed by atoms with Crippen molar-refractivity contribution >= 4 is 39.1 Å². The maximum absolute atomic E-state index is 12.7. The summed E-state index contributed by atoms with van der Waals surface area (Å²) in [5.74, 6) is -0.220. The predicted octanol–water partition coefficient (Wildman–Crippen LogP) is 2.63. The van der Waals surface area contributed by atoms with Gasteiger partial charge in [0.25, 0.3) is 5.91 Å². The Morgan fingerprint density at radius 3 is 2.96 bits per heavy atom. The van der Waals surface area contributed by atoms with Gasteiger partial charge in [0.05, 0.1) is 27.9 Å². The fraction of sp³-hybridized carbons (Fsp3) is 0.286. The molecule has 3 aromatic heterocycles. The predicted molar refractivity (Wildman–Crippen MR) is 89.4 cm³/mol. The van der Waals surface area contributed by atoms with E-state index in [4.69, 9.17) is 11.6 Å². The minimum absolute atomic E-state index is 0.220. The Kier molecular flexibility index (Phi) is 4.36. The quantitative estimate of drug-likeness (QED) is 0.679. The standard InChI is InChI=1S/C14H14BrClN6O/c1-3-21-10(9(16)7-18-21)8-20(2)14(23)12-11(15)13-17-5-4-6-22(13)19-12/h4-7H,3,8H2,1-2H3. The van der Waals surface area contributed by atoms with Crippen molar-refractivity contribution in [1.29, 1.82) is 0 Å². The summed E-state index contributed by atoms with van der Waals surface area (Å²) in [6.45, 7) is 3.00. The van der Waals surface area contributed by atoms with E-state index in [1.807, 2.05) is 6.92 Å². The Labute approximate surface area is 146 Å². The fourth-order valence-corrected chi connectivity index (χ4v) is 3.02. The van der Waals surface area contributed by atoms with Crippen LogP contribution in [0.15, 0.2) is 29.1 Å². The number of carbonyl (C=O) groups is 1. The molecule has 3 aromatic rings. The van der Waals surface area contributed by atoms with Crippen LogP contribution >= 0.6 is 27.5 Å². The average Bonchev–Trinajstić information content (AvgIpc) is 3.08. The molecule has 0 fully saturated rings. The smallest absolute Gasteiger partial charge is 0.275 e. The third kappa shape index (κ3) is 2.84. The molecule has 3 rings (SSSR count). The van der Waals surface area contributed by atoms with E-state index in [2.05, 4.69) is 31.1 Å². The van der Waals surface area contributed by atoms with E-state index in [0.717, 1.165) is 5.69 Å². The van der Waals surface area contributed by atoms with Gasteiger partial charge < -0.3 is 4.90 Å². The summed E-state index contributed by atoms with van der Waals surface area (Å²) >= 11 is 9.56. The van der Waals surface area contributed by atoms with E-state index in [-0.39, 0.29) is 5.91 Å². The van der Waals surface area contributed by atoms with Crippen LogP contribution in [-0.2, 0) is 13.1 Å². The molecule has 1 amide bonds. The van der Waals surface area contributed by atoms with Crippen molar-refractivity contribution in [2.24, 2.45) is 0 Å². The summed E-state index contributed by atoms with van der Waals surface area (Å²) in [7, 11) is 1.70. The number of hydrogen-bond donors (Lipinski definition) is 0. The Hall–Kier alpha value is -1.93. The largest absolute Gasteiger partial charge is 0.334 e. The molecule has 0 aliphatic carbocycles. The Morgan fingerprint density at radius 2 is 2.26 bits per heavy atom. The molecule has 23 heavy (non-hydrogen) atoms. The number of carbonyl (C=O) groups excluding carboxylic acids is 1. The van der Waals surface area contributed by atoms with Crippen LogP contribution in [-0.4, -0.2) is 42.2 Å². The molecule has 9 heteroatoms. The van der Waals surface area contributed by atoms with E-state index in [1.54, 1.807) is 45.8 Å². The highest BCUT2D eigenvalue weighted by molar-refractivity contribution is 9.10. The molecule has 0 unspecified atom stereocenters. The van der Waals surface area contributed by atoms with Gasteiger partial charge in [-0.1, -0.05) is 11.6 Å². The lowest BCUT2D eigenvalue weighted by Gasteiger charge is -2.17. The topological polar surface area (TPSA) is 68.3 Å². The van der Waals surface area contributed by atoms with Gasteiger partial charge >= 0.3 is 0 Å². The van der Waals surface area contributed by atoms with Gasteiger partial charge in [-0.15, -0.1) is 0 Å². The molecule has 0 aliphatic rings. The molecule has 0 saturated heterocycles. The van der Waals surface area contributed by atoms with Crippen LogP contribution in [0, 0.1) is 0 Å². The number of hydrogen-bond acceptors (Lipinski definition) is 4. The van der Waals surface area contributed by atoms with Gasteiger partial charge in [0.15, 0.2) is 11.3 Å². The molecule has 0 bridgehead atoms. The Balaban J connectivity index is 1.89. The molecule has 0 atom stereocenters.